The van der Waals surface area contributed by atoms with Crippen LogP contribution in [0, 0.1) is 6.92 Å². The van der Waals surface area contributed by atoms with E-state index in [2.05, 4.69) is 46.3 Å². The van der Waals surface area contributed by atoms with Gasteiger partial charge in [-0.25, -0.2) is 4.79 Å². The summed E-state index contributed by atoms with van der Waals surface area (Å²) in [6.45, 7) is 2.23. The van der Waals surface area contributed by atoms with E-state index in [0.29, 0.717) is 18.7 Å². The number of hydrogen-bond acceptors (Lipinski definition) is 5. The van der Waals surface area contributed by atoms with Crippen molar-refractivity contribution < 1.29 is 9.84 Å². The van der Waals surface area contributed by atoms with E-state index in [9.17, 15) is 14.7 Å². The minimum Gasteiger partial charge on any atom is -0.394 e. The molecular weight excluding hydrogens is 454 g/mol. The van der Waals surface area contributed by atoms with Crippen LogP contribution in [0.5, 0.6) is 0 Å². The fourth-order valence-corrected chi connectivity index (χ4v) is 5.23. The van der Waals surface area contributed by atoms with E-state index in [4.69, 9.17) is 4.74 Å². The number of aliphatic hydroxyl groups is 1. The first-order chi connectivity index (χ1) is 17.5. The fraction of sp³-hybridized carbons (Fsp3) is 0.241. The first-order valence-corrected chi connectivity index (χ1v) is 12.0. The Morgan fingerprint density at radius 2 is 1.36 bits per heavy atom. The maximum Gasteiger partial charge on any atom is 0.330 e. The molecule has 4 aromatic rings. The lowest BCUT2D eigenvalue weighted by atomic mass is 9.75. The predicted octanol–water partition coefficient (Wildman–Crippen LogP) is 3.03. The van der Waals surface area contributed by atoms with Crippen molar-refractivity contribution in [3.63, 3.8) is 0 Å². The summed E-state index contributed by atoms with van der Waals surface area (Å²) in [4.78, 5) is 29.5. The molecule has 0 aliphatic carbocycles. The SMILES string of the molecule is Cc1cn([C@@H]2CN(C(c3ccccc3)(c3ccccc3)c3ccccc3)C[C@H](CO)O2)c(=O)[nH]c1=O. The average Bonchev–Trinajstić information content (AvgIpc) is 2.93. The van der Waals surface area contributed by atoms with Crippen LogP contribution in [-0.2, 0) is 10.3 Å². The highest BCUT2D eigenvalue weighted by Gasteiger charge is 2.46. The molecule has 0 unspecified atom stereocenters. The molecule has 2 atom stereocenters. The molecule has 0 saturated carbocycles. The third-order valence-corrected chi connectivity index (χ3v) is 6.86. The number of aryl methyl sites for hydroxylation is 1. The number of nitrogens with zero attached hydrogens (tertiary/aromatic N) is 2. The number of hydrogen-bond donors (Lipinski definition) is 2. The van der Waals surface area contributed by atoms with E-state index in [-0.39, 0.29) is 6.61 Å². The molecule has 5 rings (SSSR count). The van der Waals surface area contributed by atoms with Crippen LogP contribution in [0.1, 0.15) is 28.5 Å². The summed E-state index contributed by atoms with van der Waals surface area (Å²) in [7, 11) is 0. The number of aromatic nitrogens is 2. The molecule has 0 spiro atoms. The van der Waals surface area contributed by atoms with Gasteiger partial charge in [0.05, 0.1) is 18.2 Å². The quantitative estimate of drug-likeness (QED) is 0.412. The predicted molar refractivity (Wildman–Crippen MR) is 138 cm³/mol. The Balaban J connectivity index is 1.74. The number of nitrogens with one attached hydrogen (secondary N) is 1. The van der Waals surface area contributed by atoms with Crippen molar-refractivity contribution in [3.05, 3.63) is 140 Å². The highest BCUT2D eigenvalue weighted by atomic mass is 16.5. The molecular formula is C29H29N3O4. The molecule has 1 aliphatic rings. The molecule has 2 heterocycles. The van der Waals surface area contributed by atoms with Crippen LogP contribution in [0.25, 0.3) is 0 Å². The van der Waals surface area contributed by atoms with Crippen LogP contribution in [0.4, 0.5) is 0 Å². The first kappa shape index (κ1) is 23.9. The standard InChI is InChI=1S/C29H29N3O4/c1-21-17-32(28(35)30-27(21)34)26-19-31(18-25(20-33)36-26)29(22-11-5-2-6-12-22,23-13-7-3-8-14-23)24-15-9-4-10-16-24/h2-17,25-26,33H,18-20H2,1H3,(H,30,34,35)/t25-,26+/m1/s1. The van der Waals surface area contributed by atoms with Crippen LogP contribution in [0.3, 0.4) is 0 Å². The third kappa shape index (κ3) is 4.22. The summed E-state index contributed by atoms with van der Waals surface area (Å²) in [6.07, 6.45) is 0.270. The minimum atomic E-state index is -0.722. The molecule has 3 aromatic carbocycles. The molecule has 2 N–H and O–H groups in total. The number of morpholine rings is 1. The van der Waals surface area contributed by atoms with Crippen LogP contribution in [0.2, 0.25) is 0 Å². The van der Waals surface area contributed by atoms with Gasteiger partial charge in [-0.15, -0.1) is 0 Å². The highest BCUT2D eigenvalue weighted by Crippen LogP contribution is 2.44. The summed E-state index contributed by atoms with van der Waals surface area (Å²) in [5.74, 6) is 0. The van der Waals surface area contributed by atoms with Gasteiger partial charge in [-0.2, -0.15) is 0 Å². The molecule has 1 saturated heterocycles. The van der Waals surface area contributed by atoms with E-state index in [0.717, 1.165) is 16.7 Å². The number of ether oxygens (including phenoxy) is 1. The zero-order valence-electron chi connectivity index (χ0n) is 20.1. The molecule has 184 valence electrons. The Labute approximate surface area is 209 Å². The second-order valence-corrected chi connectivity index (χ2v) is 9.09. The minimum absolute atomic E-state index is 0.210. The zero-order valence-corrected chi connectivity index (χ0v) is 20.1. The van der Waals surface area contributed by atoms with Crippen molar-refractivity contribution in [2.24, 2.45) is 0 Å². The van der Waals surface area contributed by atoms with Gasteiger partial charge in [0.1, 0.15) is 0 Å². The Hall–Kier alpha value is -3.78. The van der Waals surface area contributed by atoms with Crippen molar-refractivity contribution in [3.8, 4) is 0 Å². The summed E-state index contributed by atoms with van der Waals surface area (Å²) in [6, 6.07) is 30.7. The molecule has 36 heavy (non-hydrogen) atoms. The number of aromatic amines is 1. The molecule has 1 aromatic heterocycles. The molecule has 0 radical (unpaired) electrons. The number of benzene rings is 3. The lowest BCUT2D eigenvalue weighted by molar-refractivity contribution is -0.151. The summed E-state index contributed by atoms with van der Waals surface area (Å²) in [5.41, 5.74) is 1.91. The Bertz CT molecular complexity index is 1320. The molecule has 0 amide bonds. The lowest BCUT2D eigenvalue weighted by Crippen LogP contribution is -2.58. The van der Waals surface area contributed by atoms with Crippen molar-refractivity contribution in [1.29, 1.82) is 0 Å². The van der Waals surface area contributed by atoms with Gasteiger partial charge in [0.15, 0.2) is 6.23 Å². The molecule has 1 fully saturated rings. The third-order valence-electron chi connectivity index (χ3n) is 6.86. The fourth-order valence-electron chi connectivity index (χ4n) is 5.23. The Morgan fingerprint density at radius 3 is 1.83 bits per heavy atom. The van der Waals surface area contributed by atoms with E-state index in [1.165, 1.54) is 10.8 Å². The number of aliphatic hydroxyl groups excluding tert-OH is 1. The Kier molecular flexibility index (Phi) is 6.69. The lowest BCUT2D eigenvalue weighted by Gasteiger charge is -2.50. The van der Waals surface area contributed by atoms with Crippen LogP contribution in [0.15, 0.2) is 107 Å². The molecule has 7 nitrogen and oxygen atoms in total. The molecule has 0 bridgehead atoms. The van der Waals surface area contributed by atoms with Gasteiger partial charge in [-0.1, -0.05) is 91.0 Å². The second-order valence-electron chi connectivity index (χ2n) is 9.09. The molecule has 1 aliphatic heterocycles. The van der Waals surface area contributed by atoms with E-state index >= 15 is 0 Å². The van der Waals surface area contributed by atoms with Gasteiger partial charge < -0.3 is 9.84 Å². The van der Waals surface area contributed by atoms with E-state index in [1.54, 1.807) is 6.92 Å². The Morgan fingerprint density at radius 1 is 0.861 bits per heavy atom. The molecule has 7 heteroatoms. The maximum atomic E-state index is 12.8. The van der Waals surface area contributed by atoms with E-state index < -0.39 is 29.1 Å². The van der Waals surface area contributed by atoms with Crippen molar-refractivity contribution >= 4 is 0 Å². The van der Waals surface area contributed by atoms with Crippen LogP contribution < -0.4 is 11.2 Å². The zero-order chi connectivity index (χ0) is 25.1. The van der Waals surface area contributed by atoms with Crippen LogP contribution >= 0.6 is 0 Å². The van der Waals surface area contributed by atoms with Gasteiger partial charge in [0.25, 0.3) is 5.56 Å². The maximum absolute atomic E-state index is 12.8. The first-order valence-electron chi connectivity index (χ1n) is 12.0. The van der Waals surface area contributed by atoms with Crippen molar-refractivity contribution in [1.82, 2.24) is 14.5 Å². The van der Waals surface area contributed by atoms with E-state index in [1.807, 2.05) is 54.6 Å². The van der Waals surface area contributed by atoms with Gasteiger partial charge >= 0.3 is 5.69 Å². The van der Waals surface area contributed by atoms with Gasteiger partial charge in [-0.3, -0.25) is 19.2 Å². The normalized spacial score (nSPS) is 18.7. The second kappa shape index (κ2) is 10.1. The number of H-pyrrole nitrogens is 1. The summed E-state index contributed by atoms with van der Waals surface area (Å²) in [5, 5.41) is 10.2. The highest BCUT2D eigenvalue weighted by molar-refractivity contribution is 5.49. The van der Waals surface area contributed by atoms with Crippen molar-refractivity contribution in [2.45, 2.75) is 24.8 Å². The average molecular weight is 484 g/mol. The number of rotatable bonds is 6. The smallest absolute Gasteiger partial charge is 0.330 e. The largest absolute Gasteiger partial charge is 0.394 e. The summed E-state index contributed by atoms with van der Waals surface area (Å²) >= 11 is 0. The monoisotopic (exact) mass is 483 g/mol. The van der Waals surface area contributed by atoms with Crippen LogP contribution in [-0.4, -0.2) is 45.4 Å². The van der Waals surface area contributed by atoms with Gasteiger partial charge in [0, 0.05) is 24.8 Å². The van der Waals surface area contributed by atoms with Crippen molar-refractivity contribution in [2.75, 3.05) is 19.7 Å². The topological polar surface area (TPSA) is 87.6 Å². The van der Waals surface area contributed by atoms with Gasteiger partial charge in [-0.05, 0) is 23.6 Å². The van der Waals surface area contributed by atoms with Gasteiger partial charge in [0.2, 0.25) is 0 Å². The summed E-state index contributed by atoms with van der Waals surface area (Å²) < 4.78 is 7.59.